The summed E-state index contributed by atoms with van der Waals surface area (Å²) in [7, 11) is 0. The minimum Gasteiger partial charge on any atom is -0.507 e. The Kier molecular flexibility index (Phi) is 6.21. The van der Waals surface area contributed by atoms with Crippen LogP contribution in [-0.4, -0.2) is 30.1 Å². The summed E-state index contributed by atoms with van der Waals surface area (Å²) in [5.74, 6) is -1.33. The second-order valence-electron chi connectivity index (χ2n) is 5.35. The number of halogens is 1. The number of carbonyl (C=O) groups excluding carboxylic acids is 2. The first-order valence-electron chi connectivity index (χ1n) is 7.44. The molecule has 0 fully saturated rings. The minimum atomic E-state index is -0.782. The molecular formula is C18H18ClNO4. The van der Waals surface area contributed by atoms with Gasteiger partial charge in [-0.05, 0) is 29.7 Å². The molecule has 0 bridgehead atoms. The summed E-state index contributed by atoms with van der Waals surface area (Å²) in [5, 5.41) is 12.7. The van der Waals surface area contributed by atoms with E-state index < -0.39 is 18.5 Å². The van der Waals surface area contributed by atoms with E-state index in [9.17, 15) is 14.7 Å². The molecule has 1 atom stereocenters. The molecule has 0 spiro atoms. The lowest BCUT2D eigenvalue weighted by atomic mass is 10.0. The molecule has 0 aliphatic carbocycles. The van der Waals surface area contributed by atoms with Gasteiger partial charge in [-0.2, -0.15) is 0 Å². The van der Waals surface area contributed by atoms with Gasteiger partial charge in [0.15, 0.2) is 6.61 Å². The van der Waals surface area contributed by atoms with Gasteiger partial charge in [-0.3, -0.25) is 4.79 Å². The van der Waals surface area contributed by atoms with Crippen LogP contribution in [0.4, 0.5) is 0 Å². The predicted molar refractivity (Wildman–Crippen MR) is 91.3 cm³/mol. The number of rotatable bonds is 6. The number of carbonyl (C=O) groups is 2. The van der Waals surface area contributed by atoms with Crippen LogP contribution in [-0.2, 0) is 9.53 Å². The first-order chi connectivity index (χ1) is 11.5. The van der Waals surface area contributed by atoms with Crippen molar-refractivity contribution >= 4 is 23.5 Å². The Morgan fingerprint density at radius 3 is 2.58 bits per heavy atom. The number of amides is 1. The van der Waals surface area contributed by atoms with E-state index in [1.807, 2.05) is 37.3 Å². The fourth-order valence-corrected chi connectivity index (χ4v) is 2.27. The van der Waals surface area contributed by atoms with E-state index in [0.717, 1.165) is 5.56 Å². The number of benzene rings is 2. The summed E-state index contributed by atoms with van der Waals surface area (Å²) in [6.07, 6.45) is 0. The lowest BCUT2D eigenvalue weighted by Crippen LogP contribution is -2.31. The lowest BCUT2D eigenvalue weighted by molar-refractivity contribution is -0.124. The SMILES string of the molecule is C[C@H](CNC(=O)COC(=O)c1ccc(Cl)cc1O)c1ccccc1. The van der Waals surface area contributed by atoms with Crippen molar-refractivity contribution in [1.82, 2.24) is 5.32 Å². The fraction of sp³-hybridized carbons (Fsp3) is 0.222. The molecule has 0 aliphatic heterocycles. The first kappa shape index (κ1) is 17.8. The van der Waals surface area contributed by atoms with E-state index >= 15 is 0 Å². The highest BCUT2D eigenvalue weighted by Gasteiger charge is 2.15. The van der Waals surface area contributed by atoms with Crippen LogP contribution in [0.2, 0.25) is 5.02 Å². The van der Waals surface area contributed by atoms with E-state index in [0.29, 0.717) is 11.6 Å². The zero-order chi connectivity index (χ0) is 17.5. The predicted octanol–water partition coefficient (Wildman–Crippen LogP) is 3.12. The summed E-state index contributed by atoms with van der Waals surface area (Å²) in [4.78, 5) is 23.6. The summed E-state index contributed by atoms with van der Waals surface area (Å²) in [6, 6.07) is 13.8. The molecule has 0 aromatic heterocycles. The van der Waals surface area contributed by atoms with Crippen molar-refractivity contribution in [3.05, 3.63) is 64.7 Å². The number of hydrogen-bond donors (Lipinski definition) is 2. The molecule has 0 radical (unpaired) electrons. The standard InChI is InChI=1S/C18H18ClNO4/c1-12(13-5-3-2-4-6-13)10-20-17(22)11-24-18(23)15-8-7-14(19)9-16(15)21/h2-9,12,21H,10-11H2,1H3,(H,20,22)/t12-/m1/s1. The normalized spacial score (nSPS) is 11.6. The highest BCUT2D eigenvalue weighted by atomic mass is 35.5. The van der Waals surface area contributed by atoms with Gasteiger partial charge in [0.2, 0.25) is 0 Å². The number of hydrogen-bond acceptors (Lipinski definition) is 4. The van der Waals surface area contributed by atoms with Crippen LogP contribution in [0.5, 0.6) is 5.75 Å². The first-order valence-corrected chi connectivity index (χ1v) is 7.82. The van der Waals surface area contributed by atoms with Crippen molar-refractivity contribution in [3.8, 4) is 5.75 Å². The van der Waals surface area contributed by atoms with E-state index in [-0.39, 0.29) is 17.2 Å². The molecule has 6 heteroatoms. The van der Waals surface area contributed by atoms with Crippen LogP contribution in [0.3, 0.4) is 0 Å². The van der Waals surface area contributed by atoms with E-state index in [1.165, 1.54) is 18.2 Å². The monoisotopic (exact) mass is 347 g/mol. The van der Waals surface area contributed by atoms with Crippen LogP contribution < -0.4 is 5.32 Å². The molecule has 0 aliphatic rings. The van der Waals surface area contributed by atoms with Crippen LogP contribution in [0.25, 0.3) is 0 Å². The molecule has 2 N–H and O–H groups in total. The maximum Gasteiger partial charge on any atom is 0.342 e. The highest BCUT2D eigenvalue weighted by Crippen LogP contribution is 2.22. The number of nitrogens with one attached hydrogen (secondary N) is 1. The topological polar surface area (TPSA) is 75.6 Å². The summed E-state index contributed by atoms with van der Waals surface area (Å²) in [6.45, 7) is 2.02. The van der Waals surface area contributed by atoms with Crippen molar-refractivity contribution in [3.63, 3.8) is 0 Å². The van der Waals surface area contributed by atoms with Crippen LogP contribution >= 0.6 is 11.6 Å². The summed E-state index contributed by atoms with van der Waals surface area (Å²) in [5.41, 5.74) is 1.07. The molecular weight excluding hydrogens is 330 g/mol. The average Bonchev–Trinajstić information content (AvgIpc) is 2.58. The highest BCUT2D eigenvalue weighted by molar-refractivity contribution is 6.30. The Morgan fingerprint density at radius 2 is 1.92 bits per heavy atom. The van der Waals surface area contributed by atoms with Gasteiger partial charge in [-0.1, -0.05) is 48.9 Å². The molecule has 5 nitrogen and oxygen atoms in total. The average molecular weight is 348 g/mol. The van der Waals surface area contributed by atoms with E-state index in [2.05, 4.69) is 5.32 Å². The largest absolute Gasteiger partial charge is 0.507 e. The Hall–Kier alpha value is -2.53. The smallest absolute Gasteiger partial charge is 0.342 e. The van der Waals surface area contributed by atoms with E-state index in [4.69, 9.17) is 16.3 Å². The molecule has 126 valence electrons. The fourth-order valence-electron chi connectivity index (χ4n) is 2.10. The number of phenolic OH excluding ortho intramolecular Hbond substituents is 1. The third-order valence-corrected chi connectivity index (χ3v) is 3.72. The molecule has 0 saturated heterocycles. The lowest BCUT2D eigenvalue weighted by Gasteiger charge is -2.13. The van der Waals surface area contributed by atoms with Crippen molar-refractivity contribution in [2.45, 2.75) is 12.8 Å². The Balaban J connectivity index is 1.79. The molecule has 24 heavy (non-hydrogen) atoms. The third-order valence-electron chi connectivity index (χ3n) is 3.49. The van der Waals surface area contributed by atoms with Crippen LogP contribution in [0, 0.1) is 0 Å². The second-order valence-corrected chi connectivity index (χ2v) is 5.79. The molecule has 2 rings (SSSR count). The number of ether oxygens (including phenoxy) is 1. The minimum absolute atomic E-state index is 0.0372. The molecule has 0 saturated carbocycles. The molecule has 2 aromatic rings. The van der Waals surface area contributed by atoms with Gasteiger partial charge in [-0.25, -0.2) is 4.79 Å². The summed E-state index contributed by atoms with van der Waals surface area (Å²) >= 11 is 5.69. The van der Waals surface area contributed by atoms with Gasteiger partial charge in [0.05, 0.1) is 0 Å². The van der Waals surface area contributed by atoms with E-state index in [1.54, 1.807) is 0 Å². The number of phenols is 1. The van der Waals surface area contributed by atoms with Crippen molar-refractivity contribution in [1.29, 1.82) is 0 Å². The Labute approximate surface area is 145 Å². The second kappa shape index (κ2) is 8.36. The Bertz CT molecular complexity index is 718. The number of aromatic hydroxyl groups is 1. The van der Waals surface area contributed by atoms with Gasteiger partial charge >= 0.3 is 5.97 Å². The summed E-state index contributed by atoms with van der Waals surface area (Å²) < 4.78 is 4.89. The third kappa shape index (κ3) is 4.99. The zero-order valence-corrected chi connectivity index (χ0v) is 13.9. The van der Waals surface area contributed by atoms with Crippen molar-refractivity contribution < 1.29 is 19.4 Å². The van der Waals surface area contributed by atoms with Gasteiger partial charge in [0.25, 0.3) is 5.91 Å². The van der Waals surface area contributed by atoms with Gasteiger partial charge in [0.1, 0.15) is 11.3 Å². The molecule has 1 amide bonds. The molecule has 2 aromatic carbocycles. The van der Waals surface area contributed by atoms with Crippen molar-refractivity contribution in [2.75, 3.05) is 13.2 Å². The number of esters is 1. The van der Waals surface area contributed by atoms with Crippen LogP contribution in [0.15, 0.2) is 48.5 Å². The van der Waals surface area contributed by atoms with Gasteiger partial charge in [0, 0.05) is 11.6 Å². The maximum atomic E-state index is 11.8. The van der Waals surface area contributed by atoms with Crippen LogP contribution in [0.1, 0.15) is 28.8 Å². The van der Waals surface area contributed by atoms with Crippen molar-refractivity contribution in [2.24, 2.45) is 0 Å². The van der Waals surface area contributed by atoms with Gasteiger partial charge in [-0.15, -0.1) is 0 Å². The Morgan fingerprint density at radius 1 is 1.21 bits per heavy atom. The quantitative estimate of drug-likeness (QED) is 0.787. The maximum absolute atomic E-state index is 11.8. The zero-order valence-electron chi connectivity index (χ0n) is 13.2. The van der Waals surface area contributed by atoms with Gasteiger partial charge < -0.3 is 15.2 Å². The molecule has 0 heterocycles. The molecule has 0 unspecified atom stereocenters.